The van der Waals surface area contributed by atoms with E-state index in [9.17, 15) is 31.9 Å². The number of piperidine rings is 1. The molecular weight excluding hydrogens is 540 g/mol. The lowest BCUT2D eigenvalue weighted by Crippen LogP contribution is -2.57. The highest BCUT2D eigenvalue weighted by molar-refractivity contribution is 5.97. The number of rotatable bonds is 6. The van der Waals surface area contributed by atoms with Gasteiger partial charge in [0.1, 0.15) is 17.9 Å². The summed E-state index contributed by atoms with van der Waals surface area (Å²) in [5, 5.41) is 2.76. The van der Waals surface area contributed by atoms with Crippen LogP contribution < -0.4 is 10.2 Å². The first-order chi connectivity index (χ1) is 19.6. The van der Waals surface area contributed by atoms with Gasteiger partial charge >= 0.3 is 6.18 Å². The van der Waals surface area contributed by atoms with Crippen molar-refractivity contribution in [2.45, 2.75) is 31.1 Å². The van der Waals surface area contributed by atoms with Crippen LogP contribution in [0.1, 0.15) is 34.3 Å². The Morgan fingerprint density at radius 3 is 2.24 bits per heavy atom. The lowest BCUT2D eigenvalue weighted by atomic mass is 9.85. The molecule has 11 heteroatoms. The summed E-state index contributed by atoms with van der Waals surface area (Å²) in [6.45, 7) is 0.483. The van der Waals surface area contributed by atoms with E-state index in [0.717, 1.165) is 17.8 Å². The minimum Gasteiger partial charge on any atom is -0.350 e. The molecule has 5 rings (SSSR count). The molecule has 0 aliphatic carbocycles. The second kappa shape index (κ2) is 11.2. The molecule has 7 nitrogen and oxygen atoms in total. The number of halogens is 4. The molecule has 2 aliphatic heterocycles. The van der Waals surface area contributed by atoms with Crippen molar-refractivity contribution in [3.63, 3.8) is 0 Å². The second-order valence-corrected chi connectivity index (χ2v) is 10.2. The van der Waals surface area contributed by atoms with Gasteiger partial charge in [0.2, 0.25) is 5.91 Å². The monoisotopic (exact) mass is 568 g/mol. The van der Waals surface area contributed by atoms with Crippen molar-refractivity contribution < 1.29 is 31.9 Å². The van der Waals surface area contributed by atoms with E-state index in [2.05, 4.69) is 5.32 Å². The summed E-state index contributed by atoms with van der Waals surface area (Å²) in [7, 11) is 0. The summed E-state index contributed by atoms with van der Waals surface area (Å²) in [5.74, 6) is -1.52. The Balaban J connectivity index is 1.30. The van der Waals surface area contributed by atoms with E-state index in [-0.39, 0.29) is 68.9 Å². The zero-order chi connectivity index (χ0) is 29.2. The minimum atomic E-state index is -4.57. The van der Waals surface area contributed by atoms with Crippen LogP contribution in [0.3, 0.4) is 0 Å². The number of likely N-dealkylation sites (tertiary alicyclic amines) is 1. The highest BCUT2D eigenvalue weighted by atomic mass is 19.4. The number of nitrogens with zero attached hydrogens (tertiary/aromatic N) is 3. The van der Waals surface area contributed by atoms with Crippen LogP contribution in [-0.2, 0) is 22.3 Å². The SMILES string of the molecule is O=C(CN1CN(c2ccccc2)C2(CCN(C(=O)c3cccc(C(F)(F)F)c3)CC2)C1=O)NCc1ccc(F)cc1. The molecule has 3 aromatic carbocycles. The normalized spacial score (nSPS) is 16.8. The molecule has 0 aromatic heterocycles. The van der Waals surface area contributed by atoms with Gasteiger partial charge in [-0.3, -0.25) is 14.4 Å². The fourth-order valence-corrected chi connectivity index (χ4v) is 5.45. The van der Waals surface area contributed by atoms with Crippen LogP contribution >= 0.6 is 0 Å². The Morgan fingerprint density at radius 2 is 1.59 bits per heavy atom. The Kier molecular flexibility index (Phi) is 7.70. The summed E-state index contributed by atoms with van der Waals surface area (Å²) >= 11 is 0. The van der Waals surface area contributed by atoms with Gasteiger partial charge in [-0.05, 0) is 60.9 Å². The predicted octanol–water partition coefficient (Wildman–Crippen LogP) is 4.44. The summed E-state index contributed by atoms with van der Waals surface area (Å²) in [5.41, 5.74) is -0.469. The van der Waals surface area contributed by atoms with E-state index in [0.29, 0.717) is 5.56 Å². The number of hydrogen-bond donors (Lipinski definition) is 1. The molecule has 214 valence electrons. The largest absolute Gasteiger partial charge is 0.416 e. The summed E-state index contributed by atoms with van der Waals surface area (Å²) in [6, 6.07) is 19.3. The van der Waals surface area contributed by atoms with Crippen LogP contribution in [-0.4, -0.2) is 59.4 Å². The van der Waals surface area contributed by atoms with Crippen molar-refractivity contribution in [2.24, 2.45) is 0 Å². The maximum absolute atomic E-state index is 13.8. The van der Waals surface area contributed by atoms with Gasteiger partial charge in [0, 0.05) is 30.9 Å². The van der Waals surface area contributed by atoms with Crippen molar-refractivity contribution in [3.05, 3.63) is 101 Å². The third-order valence-corrected chi connectivity index (χ3v) is 7.63. The van der Waals surface area contributed by atoms with Gasteiger partial charge in [0.15, 0.2) is 0 Å². The Labute approximate surface area is 234 Å². The van der Waals surface area contributed by atoms with Crippen LogP contribution in [0.5, 0.6) is 0 Å². The average molecular weight is 569 g/mol. The molecule has 1 N–H and O–H groups in total. The molecule has 0 saturated carbocycles. The molecule has 1 spiro atoms. The van der Waals surface area contributed by atoms with E-state index in [1.54, 1.807) is 12.1 Å². The molecule has 2 heterocycles. The van der Waals surface area contributed by atoms with Gasteiger partial charge < -0.3 is 20.0 Å². The molecular formula is C30H28F4N4O3. The molecule has 2 fully saturated rings. The lowest BCUT2D eigenvalue weighted by molar-refractivity contribution is -0.137. The molecule has 0 atom stereocenters. The number of alkyl halides is 3. The van der Waals surface area contributed by atoms with Crippen molar-refractivity contribution >= 4 is 23.4 Å². The van der Waals surface area contributed by atoms with E-state index >= 15 is 0 Å². The average Bonchev–Trinajstić information content (AvgIpc) is 3.23. The maximum Gasteiger partial charge on any atom is 0.416 e. The highest BCUT2D eigenvalue weighted by Crippen LogP contribution is 2.40. The van der Waals surface area contributed by atoms with Crippen molar-refractivity contribution in [3.8, 4) is 0 Å². The number of carbonyl (C=O) groups excluding carboxylic acids is 3. The first kappa shape index (κ1) is 28.1. The number of para-hydroxylation sites is 1. The first-order valence-corrected chi connectivity index (χ1v) is 13.2. The molecule has 41 heavy (non-hydrogen) atoms. The molecule has 0 radical (unpaired) electrons. The third kappa shape index (κ3) is 5.89. The van der Waals surface area contributed by atoms with Crippen molar-refractivity contribution in [1.29, 1.82) is 0 Å². The maximum atomic E-state index is 13.8. The van der Waals surface area contributed by atoms with Crippen molar-refractivity contribution in [1.82, 2.24) is 15.1 Å². The summed E-state index contributed by atoms with van der Waals surface area (Å²) in [4.78, 5) is 44.6. The van der Waals surface area contributed by atoms with Gasteiger partial charge in [0.05, 0.1) is 12.2 Å². The van der Waals surface area contributed by atoms with E-state index < -0.39 is 23.2 Å². The topological polar surface area (TPSA) is 73.0 Å². The number of anilines is 1. The zero-order valence-corrected chi connectivity index (χ0v) is 22.0. The van der Waals surface area contributed by atoms with Gasteiger partial charge in [0.25, 0.3) is 11.8 Å². The van der Waals surface area contributed by atoms with Gasteiger partial charge in [-0.1, -0.05) is 36.4 Å². The summed E-state index contributed by atoms with van der Waals surface area (Å²) in [6.07, 6.45) is -4.07. The molecule has 2 saturated heterocycles. The van der Waals surface area contributed by atoms with E-state index in [1.165, 1.54) is 34.1 Å². The molecule has 0 bridgehead atoms. The zero-order valence-electron chi connectivity index (χ0n) is 22.0. The molecule has 3 amide bonds. The van der Waals surface area contributed by atoms with Gasteiger partial charge in [-0.2, -0.15) is 13.2 Å². The van der Waals surface area contributed by atoms with Crippen molar-refractivity contribution in [2.75, 3.05) is 31.2 Å². The lowest BCUT2D eigenvalue weighted by Gasteiger charge is -2.43. The van der Waals surface area contributed by atoms with Gasteiger partial charge in [-0.15, -0.1) is 0 Å². The summed E-state index contributed by atoms with van der Waals surface area (Å²) < 4.78 is 52.7. The van der Waals surface area contributed by atoms with Crippen LogP contribution in [0.15, 0.2) is 78.9 Å². The fraction of sp³-hybridized carbons (Fsp3) is 0.300. The predicted molar refractivity (Wildman–Crippen MR) is 143 cm³/mol. The number of hydrogen-bond acceptors (Lipinski definition) is 4. The third-order valence-electron chi connectivity index (χ3n) is 7.63. The Hall–Kier alpha value is -4.41. The van der Waals surface area contributed by atoms with Crippen LogP contribution in [0.2, 0.25) is 0 Å². The van der Waals surface area contributed by atoms with Crippen LogP contribution in [0, 0.1) is 5.82 Å². The Bertz CT molecular complexity index is 1420. The van der Waals surface area contributed by atoms with E-state index in [4.69, 9.17) is 0 Å². The standard InChI is InChI=1S/C30H28F4N4O3/c31-24-11-9-21(10-12-24)18-35-26(39)19-37-20-38(25-7-2-1-3-8-25)29(28(37)41)13-15-36(16-14-29)27(40)22-5-4-6-23(17-22)30(32,33)34/h1-12,17H,13-16,18-20H2,(H,35,39). The van der Waals surface area contributed by atoms with E-state index in [1.807, 2.05) is 35.2 Å². The Morgan fingerprint density at radius 1 is 0.902 bits per heavy atom. The van der Waals surface area contributed by atoms with Gasteiger partial charge in [-0.25, -0.2) is 4.39 Å². The molecule has 2 aliphatic rings. The smallest absolute Gasteiger partial charge is 0.350 e. The first-order valence-electron chi connectivity index (χ1n) is 13.2. The number of benzene rings is 3. The molecule has 0 unspecified atom stereocenters. The van der Waals surface area contributed by atoms with Crippen LogP contribution in [0.25, 0.3) is 0 Å². The highest BCUT2D eigenvalue weighted by Gasteiger charge is 2.54. The van der Waals surface area contributed by atoms with Crippen LogP contribution in [0.4, 0.5) is 23.2 Å². The number of nitrogens with one attached hydrogen (secondary N) is 1. The quantitative estimate of drug-likeness (QED) is 0.447. The fourth-order valence-electron chi connectivity index (χ4n) is 5.45. The number of carbonyl (C=O) groups is 3. The second-order valence-electron chi connectivity index (χ2n) is 10.2. The number of amides is 3. The molecule has 3 aromatic rings. The minimum absolute atomic E-state index is 0.0621.